The summed E-state index contributed by atoms with van der Waals surface area (Å²) in [4.78, 5) is 16.1. The van der Waals surface area contributed by atoms with Gasteiger partial charge in [-0.15, -0.1) is 10.2 Å². The van der Waals surface area contributed by atoms with Crippen LogP contribution in [0.4, 0.5) is 18.9 Å². The molecule has 0 unspecified atom stereocenters. The maximum Gasteiger partial charge on any atom is 0.416 e. The lowest BCUT2D eigenvalue weighted by atomic mass is 10.1. The Morgan fingerprint density at radius 1 is 1.06 bits per heavy atom. The van der Waals surface area contributed by atoms with E-state index < -0.39 is 11.7 Å². The molecule has 11 heteroatoms. The van der Waals surface area contributed by atoms with E-state index in [9.17, 15) is 18.0 Å². The first-order valence-electron chi connectivity index (χ1n) is 9.72. The molecule has 0 bridgehead atoms. The van der Waals surface area contributed by atoms with E-state index in [-0.39, 0.29) is 22.8 Å². The minimum Gasteiger partial charge on any atom is -0.411 e. The summed E-state index contributed by atoms with van der Waals surface area (Å²) in [6.07, 6.45) is -4.38. The smallest absolute Gasteiger partial charge is 0.411 e. The van der Waals surface area contributed by atoms with Crippen LogP contribution in [0.1, 0.15) is 5.56 Å². The SMILES string of the molecule is O=C(CSc1nnc(-c2ccccc2Cl)o1)N1CCN(c2cccc(C(F)(F)F)c2)CC1. The molecule has 0 aliphatic carbocycles. The quantitative estimate of drug-likeness (QED) is 0.484. The zero-order valence-corrected chi connectivity index (χ0v) is 18.3. The maximum absolute atomic E-state index is 12.9. The average molecular weight is 483 g/mol. The van der Waals surface area contributed by atoms with Gasteiger partial charge < -0.3 is 14.2 Å². The van der Waals surface area contributed by atoms with Gasteiger partial charge in [-0.2, -0.15) is 13.2 Å². The first kappa shape index (κ1) is 22.5. The molecule has 3 aromatic rings. The van der Waals surface area contributed by atoms with Crippen molar-refractivity contribution in [3.8, 4) is 11.5 Å². The third kappa shape index (κ3) is 5.18. The summed E-state index contributed by atoms with van der Waals surface area (Å²) in [5, 5.41) is 8.67. The first-order chi connectivity index (χ1) is 15.3. The lowest BCUT2D eigenvalue weighted by Crippen LogP contribution is -2.49. The zero-order valence-electron chi connectivity index (χ0n) is 16.7. The number of halogens is 4. The van der Waals surface area contributed by atoms with Gasteiger partial charge in [-0.05, 0) is 30.3 Å². The van der Waals surface area contributed by atoms with Crippen molar-refractivity contribution in [3.63, 3.8) is 0 Å². The van der Waals surface area contributed by atoms with Gasteiger partial charge in [-0.3, -0.25) is 4.79 Å². The number of benzene rings is 2. The van der Waals surface area contributed by atoms with Crippen molar-refractivity contribution in [2.45, 2.75) is 11.4 Å². The Morgan fingerprint density at radius 2 is 1.81 bits per heavy atom. The minimum absolute atomic E-state index is 0.101. The summed E-state index contributed by atoms with van der Waals surface area (Å²) < 4.78 is 44.4. The van der Waals surface area contributed by atoms with E-state index in [1.165, 1.54) is 6.07 Å². The fourth-order valence-electron chi connectivity index (χ4n) is 3.32. The van der Waals surface area contributed by atoms with Crippen molar-refractivity contribution in [1.29, 1.82) is 0 Å². The molecule has 0 atom stereocenters. The van der Waals surface area contributed by atoms with E-state index in [4.69, 9.17) is 16.0 Å². The summed E-state index contributed by atoms with van der Waals surface area (Å²) in [5.74, 6) is 0.296. The van der Waals surface area contributed by atoms with E-state index in [0.29, 0.717) is 42.5 Å². The molecule has 4 rings (SSSR count). The van der Waals surface area contributed by atoms with Crippen molar-refractivity contribution >= 4 is 35.0 Å². The Balaban J connectivity index is 1.30. The summed E-state index contributed by atoms with van der Waals surface area (Å²) in [5.41, 5.74) is 0.436. The molecule has 32 heavy (non-hydrogen) atoms. The molecular formula is C21H18ClF3N4O2S. The van der Waals surface area contributed by atoms with Gasteiger partial charge in [0.05, 0.1) is 21.9 Å². The van der Waals surface area contributed by atoms with Crippen LogP contribution in [0.2, 0.25) is 5.02 Å². The molecule has 1 amide bonds. The van der Waals surface area contributed by atoms with Gasteiger partial charge >= 0.3 is 6.18 Å². The average Bonchev–Trinajstić information content (AvgIpc) is 3.26. The fraction of sp³-hybridized carbons (Fsp3) is 0.286. The van der Waals surface area contributed by atoms with E-state index in [1.54, 1.807) is 35.2 Å². The lowest BCUT2D eigenvalue weighted by molar-refractivity contribution is -0.137. The second-order valence-corrected chi connectivity index (χ2v) is 8.39. The summed E-state index contributed by atoms with van der Waals surface area (Å²) in [7, 11) is 0. The Morgan fingerprint density at radius 3 is 2.53 bits per heavy atom. The first-order valence-corrected chi connectivity index (χ1v) is 11.1. The maximum atomic E-state index is 12.9. The van der Waals surface area contributed by atoms with Crippen LogP contribution in [-0.4, -0.2) is 52.9 Å². The number of nitrogens with zero attached hydrogens (tertiary/aromatic N) is 4. The molecule has 0 N–H and O–H groups in total. The highest BCUT2D eigenvalue weighted by molar-refractivity contribution is 7.99. The Hall–Kier alpha value is -2.72. The molecular weight excluding hydrogens is 465 g/mol. The normalized spacial score (nSPS) is 14.6. The van der Waals surface area contributed by atoms with Crippen LogP contribution in [0.5, 0.6) is 0 Å². The number of hydrogen-bond donors (Lipinski definition) is 0. The molecule has 0 saturated carbocycles. The topological polar surface area (TPSA) is 62.5 Å². The summed E-state index contributed by atoms with van der Waals surface area (Å²) in [6, 6.07) is 12.3. The summed E-state index contributed by atoms with van der Waals surface area (Å²) >= 11 is 7.26. The molecule has 2 heterocycles. The van der Waals surface area contributed by atoms with Crippen LogP contribution in [0.15, 0.2) is 58.2 Å². The molecule has 1 fully saturated rings. The van der Waals surface area contributed by atoms with Crippen molar-refractivity contribution < 1.29 is 22.4 Å². The largest absolute Gasteiger partial charge is 0.416 e. The highest BCUT2D eigenvalue weighted by Gasteiger charge is 2.31. The van der Waals surface area contributed by atoms with Gasteiger partial charge in [0.15, 0.2) is 0 Å². The number of anilines is 1. The highest BCUT2D eigenvalue weighted by atomic mass is 35.5. The number of carbonyl (C=O) groups is 1. The van der Waals surface area contributed by atoms with Crippen LogP contribution >= 0.6 is 23.4 Å². The van der Waals surface area contributed by atoms with Gasteiger partial charge in [0.25, 0.3) is 5.22 Å². The number of amides is 1. The molecule has 2 aromatic carbocycles. The molecule has 0 radical (unpaired) electrons. The molecule has 1 aliphatic heterocycles. The van der Waals surface area contributed by atoms with E-state index in [0.717, 1.165) is 23.9 Å². The van der Waals surface area contributed by atoms with Crippen LogP contribution < -0.4 is 4.90 Å². The number of hydrogen-bond acceptors (Lipinski definition) is 6. The van der Waals surface area contributed by atoms with Crippen molar-refractivity contribution in [1.82, 2.24) is 15.1 Å². The van der Waals surface area contributed by atoms with Gasteiger partial charge in [0.1, 0.15) is 0 Å². The third-order valence-electron chi connectivity index (χ3n) is 5.00. The van der Waals surface area contributed by atoms with Crippen LogP contribution in [0.25, 0.3) is 11.5 Å². The van der Waals surface area contributed by atoms with E-state index in [1.807, 2.05) is 4.90 Å². The lowest BCUT2D eigenvalue weighted by Gasteiger charge is -2.36. The number of carbonyl (C=O) groups excluding carboxylic acids is 1. The number of aromatic nitrogens is 2. The molecule has 168 valence electrons. The standard InChI is InChI=1S/C21H18ClF3N4O2S/c22-17-7-2-1-6-16(17)19-26-27-20(31-19)32-13-18(30)29-10-8-28(9-11-29)15-5-3-4-14(12-15)21(23,24)25/h1-7,12H,8-11,13H2. The van der Waals surface area contributed by atoms with Crippen molar-refractivity contribution in [3.05, 3.63) is 59.1 Å². The predicted molar refractivity (Wildman–Crippen MR) is 116 cm³/mol. The number of thioether (sulfide) groups is 1. The highest BCUT2D eigenvalue weighted by Crippen LogP contribution is 2.32. The zero-order chi connectivity index (χ0) is 22.7. The monoisotopic (exact) mass is 482 g/mol. The number of piperazine rings is 1. The number of alkyl halides is 3. The van der Waals surface area contributed by atoms with Crippen LogP contribution in [-0.2, 0) is 11.0 Å². The van der Waals surface area contributed by atoms with Gasteiger partial charge in [0, 0.05) is 31.9 Å². The Labute approximate surface area is 191 Å². The molecule has 1 aromatic heterocycles. The third-order valence-corrected chi connectivity index (χ3v) is 6.13. The molecule has 6 nitrogen and oxygen atoms in total. The molecule has 1 aliphatic rings. The van der Waals surface area contributed by atoms with E-state index in [2.05, 4.69) is 10.2 Å². The minimum atomic E-state index is -4.38. The molecule has 1 saturated heterocycles. The second-order valence-electron chi connectivity index (χ2n) is 7.06. The second kappa shape index (κ2) is 9.41. The van der Waals surface area contributed by atoms with E-state index >= 15 is 0 Å². The van der Waals surface area contributed by atoms with Gasteiger partial charge in [-0.1, -0.05) is 41.6 Å². The van der Waals surface area contributed by atoms with Gasteiger partial charge in [-0.25, -0.2) is 0 Å². The van der Waals surface area contributed by atoms with Crippen molar-refractivity contribution in [2.75, 3.05) is 36.8 Å². The van der Waals surface area contributed by atoms with Gasteiger partial charge in [0.2, 0.25) is 11.8 Å². The predicted octanol–water partition coefficient (Wildman–Crippen LogP) is 4.85. The summed E-state index contributed by atoms with van der Waals surface area (Å²) in [6.45, 7) is 1.75. The number of rotatable bonds is 5. The Kier molecular flexibility index (Phi) is 6.61. The van der Waals surface area contributed by atoms with Crippen LogP contribution in [0, 0.1) is 0 Å². The van der Waals surface area contributed by atoms with Crippen LogP contribution in [0.3, 0.4) is 0 Å². The fourth-order valence-corrected chi connectivity index (χ4v) is 4.20. The molecule has 0 spiro atoms. The Bertz CT molecular complexity index is 1100. The van der Waals surface area contributed by atoms with Crippen molar-refractivity contribution in [2.24, 2.45) is 0 Å².